The summed E-state index contributed by atoms with van der Waals surface area (Å²) in [6.45, 7) is 4.97. The lowest BCUT2D eigenvalue weighted by atomic mass is 10.0. The number of hydrogen-bond donors (Lipinski definition) is 1. The normalized spacial score (nSPS) is 11.0. The summed E-state index contributed by atoms with van der Waals surface area (Å²) in [6, 6.07) is 14.1. The number of amides is 1. The number of benzene rings is 2. The predicted octanol–water partition coefficient (Wildman–Crippen LogP) is 4.20. The standard InChI is InChI=1S/C22H27NO3/c1-16(2)19-9-5-17(6-10-19)13-14-23-22(24)12-8-18-7-11-20(25-3)21(15-18)26-4/h5-12,15-16H,13-14H2,1-4H3,(H,23,24)/b12-8+. The maximum Gasteiger partial charge on any atom is 0.244 e. The van der Waals surface area contributed by atoms with Crippen LogP contribution in [0.5, 0.6) is 11.5 Å². The van der Waals surface area contributed by atoms with Gasteiger partial charge in [-0.2, -0.15) is 0 Å². The molecule has 0 bridgehead atoms. The van der Waals surface area contributed by atoms with Crippen molar-refractivity contribution in [1.82, 2.24) is 5.32 Å². The van der Waals surface area contributed by atoms with Crippen LogP contribution < -0.4 is 14.8 Å². The maximum atomic E-state index is 12.0. The zero-order valence-electron chi connectivity index (χ0n) is 15.9. The highest BCUT2D eigenvalue weighted by atomic mass is 16.5. The van der Waals surface area contributed by atoms with Gasteiger partial charge in [0.15, 0.2) is 11.5 Å². The van der Waals surface area contributed by atoms with E-state index in [0.29, 0.717) is 24.0 Å². The van der Waals surface area contributed by atoms with E-state index in [1.54, 1.807) is 20.3 Å². The molecule has 0 saturated carbocycles. The van der Waals surface area contributed by atoms with E-state index < -0.39 is 0 Å². The van der Waals surface area contributed by atoms with Gasteiger partial charge < -0.3 is 14.8 Å². The van der Waals surface area contributed by atoms with Crippen LogP contribution in [0.15, 0.2) is 48.5 Å². The highest BCUT2D eigenvalue weighted by Gasteiger charge is 2.03. The number of carbonyl (C=O) groups is 1. The number of methoxy groups -OCH3 is 2. The molecule has 138 valence electrons. The number of nitrogens with one attached hydrogen (secondary N) is 1. The molecule has 26 heavy (non-hydrogen) atoms. The van der Waals surface area contributed by atoms with Crippen LogP contribution in [0, 0.1) is 0 Å². The summed E-state index contributed by atoms with van der Waals surface area (Å²) in [7, 11) is 3.18. The molecule has 2 aromatic rings. The fourth-order valence-corrected chi connectivity index (χ4v) is 2.59. The van der Waals surface area contributed by atoms with Gasteiger partial charge in [0.25, 0.3) is 0 Å². The molecule has 0 fully saturated rings. The Labute approximate surface area is 155 Å². The molecule has 1 N–H and O–H groups in total. The third-order valence-electron chi connectivity index (χ3n) is 4.19. The summed E-state index contributed by atoms with van der Waals surface area (Å²) in [4.78, 5) is 12.0. The van der Waals surface area contributed by atoms with Gasteiger partial charge in [-0.05, 0) is 47.2 Å². The van der Waals surface area contributed by atoms with Gasteiger partial charge in [-0.25, -0.2) is 0 Å². The van der Waals surface area contributed by atoms with Crippen molar-refractivity contribution in [2.24, 2.45) is 0 Å². The lowest BCUT2D eigenvalue weighted by Gasteiger charge is -2.08. The first kappa shape index (κ1) is 19.6. The number of ether oxygens (including phenoxy) is 2. The number of rotatable bonds is 8. The largest absolute Gasteiger partial charge is 0.493 e. The molecule has 0 heterocycles. The van der Waals surface area contributed by atoms with Crippen molar-refractivity contribution in [3.8, 4) is 11.5 Å². The van der Waals surface area contributed by atoms with Crippen LogP contribution in [0.2, 0.25) is 0 Å². The maximum absolute atomic E-state index is 12.0. The van der Waals surface area contributed by atoms with Gasteiger partial charge in [-0.15, -0.1) is 0 Å². The first-order chi connectivity index (χ1) is 12.5. The summed E-state index contributed by atoms with van der Waals surface area (Å²) in [6.07, 6.45) is 4.10. The molecule has 0 atom stereocenters. The third-order valence-corrected chi connectivity index (χ3v) is 4.19. The van der Waals surface area contributed by atoms with E-state index in [4.69, 9.17) is 9.47 Å². The summed E-state index contributed by atoms with van der Waals surface area (Å²) in [5, 5.41) is 2.91. The van der Waals surface area contributed by atoms with E-state index in [2.05, 4.69) is 43.4 Å². The average Bonchev–Trinajstić information content (AvgIpc) is 2.66. The molecule has 0 radical (unpaired) electrons. The Balaban J connectivity index is 1.83. The average molecular weight is 353 g/mol. The van der Waals surface area contributed by atoms with Crippen molar-refractivity contribution in [3.63, 3.8) is 0 Å². The minimum absolute atomic E-state index is 0.112. The molecule has 0 spiro atoms. The molecule has 0 aromatic heterocycles. The third kappa shape index (κ3) is 5.66. The molecular formula is C22H27NO3. The molecule has 1 amide bonds. The van der Waals surface area contributed by atoms with E-state index in [1.807, 2.05) is 18.2 Å². The van der Waals surface area contributed by atoms with Crippen LogP contribution in [-0.4, -0.2) is 26.7 Å². The Morgan fingerprint density at radius 1 is 1.04 bits per heavy atom. The molecule has 0 aliphatic rings. The Morgan fingerprint density at radius 2 is 1.73 bits per heavy atom. The van der Waals surface area contributed by atoms with Crippen LogP contribution in [0.25, 0.3) is 6.08 Å². The van der Waals surface area contributed by atoms with Crippen molar-refractivity contribution in [1.29, 1.82) is 0 Å². The summed E-state index contributed by atoms with van der Waals surface area (Å²) in [5.41, 5.74) is 3.43. The molecular weight excluding hydrogens is 326 g/mol. The molecule has 0 unspecified atom stereocenters. The molecule has 4 heteroatoms. The van der Waals surface area contributed by atoms with Crippen molar-refractivity contribution >= 4 is 12.0 Å². The van der Waals surface area contributed by atoms with Crippen molar-refractivity contribution in [3.05, 3.63) is 65.2 Å². The monoisotopic (exact) mass is 353 g/mol. The highest BCUT2D eigenvalue weighted by molar-refractivity contribution is 5.91. The van der Waals surface area contributed by atoms with Gasteiger partial charge in [0, 0.05) is 12.6 Å². The first-order valence-electron chi connectivity index (χ1n) is 8.80. The fraction of sp³-hybridized carbons (Fsp3) is 0.318. The second-order valence-electron chi connectivity index (χ2n) is 6.39. The second kappa shape index (κ2) is 9.66. The van der Waals surface area contributed by atoms with Crippen LogP contribution in [0.3, 0.4) is 0 Å². The van der Waals surface area contributed by atoms with Gasteiger partial charge in [-0.1, -0.05) is 44.2 Å². The molecule has 0 saturated heterocycles. The van der Waals surface area contributed by atoms with E-state index >= 15 is 0 Å². The second-order valence-corrected chi connectivity index (χ2v) is 6.39. The van der Waals surface area contributed by atoms with Crippen molar-refractivity contribution < 1.29 is 14.3 Å². The topological polar surface area (TPSA) is 47.6 Å². The van der Waals surface area contributed by atoms with E-state index in [9.17, 15) is 4.79 Å². The van der Waals surface area contributed by atoms with Crippen LogP contribution >= 0.6 is 0 Å². The van der Waals surface area contributed by atoms with E-state index in [0.717, 1.165) is 12.0 Å². The molecule has 2 rings (SSSR count). The van der Waals surface area contributed by atoms with Gasteiger partial charge in [0.2, 0.25) is 5.91 Å². The summed E-state index contributed by atoms with van der Waals surface area (Å²) in [5.74, 6) is 1.72. The van der Waals surface area contributed by atoms with Crippen molar-refractivity contribution in [2.45, 2.75) is 26.2 Å². The summed E-state index contributed by atoms with van der Waals surface area (Å²) >= 11 is 0. The molecule has 0 aliphatic carbocycles. The predicted molar refractivity (Wildman–Crippen MR) is 106 cm³/mol. The minimum Gasteiger partial charge on any atom is -0.493 e. The molecule has 0 aliphatic heterocycles. The van der Waals surface area contributed by atoms with E-state index in [1.165, 1.54) is 17.2 Å². The quantitative estimate of drug-likeness (QED) is 0.724. The van der Waals surface area contributed by atoms with Crippen molar-refractivity contribution in [2.75, 3.05) is 20.8 Å². The van der Waals surface area contributed by atoms with Crippen LogP contribution in [0.1, 0.15) is 36.5 Å². The summed E-state index contributed by atoms with van der Waals surface area (Å²) < 4.78 is 10.5. The Bertz CT molecular complexity index is 748. The minimum atomic E-state index is -0.112. The number of hydrogen-bond acceptors (Lipinski definition) is 3. The SMILES string of the molecule is COc1ccc(/C=C/C(=O)NCCc2ccc(C(C)C)cc2)cc1OC. The lowest BCUT2D eigenvalue weighted by molar-refractivity contribution is -0.116. The van der Waals surface area contributed by atoms with Crippen LogP contribution in [-0.2, 0) is 11.2 Å². The van der Waals surface area contributed by atoms with Crippen LogP contribution in [0.4, 0.5) is 0 Å². The van der Waals surface area contributed by atoms with Gasteiger partial charge in [-0.3, -0.25) is 4.79 Å². The van der Waals surface area contributed by atoms with Gasteiger partial charge >= 0.3 is 0 Å². The lowest BCUT2D eigenvalue weighted by Crippen LogP contribution is -2.23. The Hall–Kier alpha value is -2.75. The zero-order valence-corrected chi connectivity index (χ0v) is 15.9. The molecule has 2 aromatic carbocycles. The van der Waals surface area contributed by atoms with Gasteiger partial charge in [0.1, 0.15) is 0 Å². The number of carbonyl (C=O) groups excluding carboxylic acids is 1. The zero-order chi connectivity index (χ0) is 18.9. The fourth-order valence-electron chi connectivity index (χ4n) is 2.59. The first-order valence-corrected chi connectivity index (χ1v) is 8.80. The highest BCUT2D eigenvalue weighted by Crippen LogP contribution is 2.27. The Morgan fingerprint density at radius 3 is 2.35 bits per heavy atom. The molecule has 4 nitrogen and oxygen atoms in total. The Kier molecular flexibility index (Phi) is 7.27. The van der Waals surface area contributed by atoms with E-state index in [-0.39, 0.29) is 5.91 Å². The van der Waals surface area contributed by atoms with Gasteiger partial charge in [0.05, 0.1) is 14.2 Å². The smallest absolute Gasteiger partial charge is 0.244 e.